The van der Waals surface area contributed by atoms with E-state index in [-0.39, 0.29) is 5.95 Å². The number of fused-ring (bicyclic) bond motifs is 1. The lowest BCUT2D eigenvalue weighted by Crippen LogP contribution is -2.47. The van der Waals surface area contributed by atoms with Crippen molar-refractivity contribution in [3.05, 3.63) is 23.3 Å². The molecular formula is C26H38N8O2S. The maximum Gasteiger partial charge on any atom is 0.219 e. The van der Waals surface area contributed by atoms with Crippen LogP contribution in [0.5, 0.6) is 0 Å². The average molecular weight is 527 g/mol. The van der Waals surface area contributed by atoms with Crippen LogP contribution < -0.4 is 10.6 Å². The molecule has 0 saturated carbocycles. The van der Waals surface area contributed by atoms with Crippen molar-refractivity contribution in [2.75, 3.05) is 70.3 Å². The van der Waals surface area contributed by atoms with Crippen LogP contribution in [0.3, 0.4) is 0 Å². The third kappa shape index (κ3) is 6.18. The van der Waals surface area contributed by atoms with E-state index in [1.807, 2.05) is 0 Å². The summed E-state index contributed by atoms with van der Waals surface area (Å²) >= 11 is 1.80. The molecule has 5 heterocycles. The summed E-state index contributed by atoms with van der Waals surface area (Å²) < 4.78 is 12.2. The minimum atomic E-state index is 0.242. The highest BCUT2D eigenvalue weighted by atomic mass is 32.1. The quantitative estimate of drug-likeness (QED) is 0.447. The zero-order valence-electron chi connectivity index (χ0n) is 22.1. The lowest BCUT2D eigenvalue weighted by molar-refractivity contribution is 0.0654. The first-order chi connectivity index (χ1) is 18.0. The Bertz CT molecular complexity index is 1160. The van der Waals surface area contributed by atoms with Gasteiger partial charge in [0.15, 0.2) is 11.6 Å². The summed E-state index contributed by atoms with van der Waals surface area (Å²) in [4.78, 5) is 27.0. The van der Waals surface area contributed by atoms with E-state index in [4.69, 9.17) is 25.2 Å². The molecule has 37 heavy (non-hydrogen) atoms. The maximum absolute atomic E-state index is 5.71. The van der Waals surface area contributed by atoms with Crippen molar-refractivity contribution in [1.29, 1.82) is 0 Å². The van der Waals surface area contributed by atoms with Crippen LogP contribution in [0.25, 0.3) is 21.6 Å². The fraction of sp³-hybridized carbons (Fsp3) is 0.615. The zero-order chi connectivity index (χ0) is 25.8. The van der Waals surface area contributed by atoms with E-state index in [0.717, 1.165) is 67.5 Å². The summed E-state index contributed by atoms with van der Waals surface area (Å²) in [5.41, 5.74) is 7.43. The number of nitrogens with zero attached hydrogens (tertiary/aromatic N) is 7. The van der Waals surface area contributed by atoms with Gasteiger partial charge < -0.3 is 25.0 Å². The molecule has 0 atom stereocenters. The molecule has 0 bridgehead atoms. The standard InChI is InChI=1S/C26H38N8O2S/c1-18(2)32-6-4-20(5-7-32)34(8-11-35-3)17-21-14-22-23(37-21)25(33-9-12-36-13-10-33)31-24(30-22)19-15-28-26(27)29-16-19/h14-16,18,20H,4-13,17H2,1-3H3,(H2,27,28,29). The smallest absolute Gasteiger partial charge is 0.219 e. The molecule has 5 rings (SSSR count). The summed E-state index contributed by atoms with van der Waals surface area (Å²) in [6.45, 7) is 12.4. The fourth-order valence-electron chi connectivity index (χ4n) is 5.18. The van der Waals surface area contributed by atoms with Crippen molar-refractivity contribution in [2.45, 2.75) is 45.3 Å². The summed E-state index contributed by atoms with van der Waals surface area (Å²) in [5, 5.41) is 0. The molecule has 0 amide bonds. The van der Waals surface area contributed by atoms with Gasteiger partial charge >= 0.3 is 0 Å². The number of hydrogen-bond donors (Lipinski definition) is 1. The van der Waals surface area contributed by atoms with Crippen LogP contribution >= 0.6 is 11.3 Å². The van der Waals surface area contributed by atoms with Crippen LogP contribution in [0.2, 0.25) is 0 Å². The second-order valence-corrected chi connectivity index (χ2v) is 11.2. The Kier molecular flexibility index (Phi) is 8.46. The van der Waals surface area contributed by atoms with Gasteiger partial charge in [0.1, 0.15) is 0 Å². The van der Waals surface area contributed by atoms with Crippen LogP contribution in [0.15, 0.2) is 18.5 Å². The molecule has 200 valence electrons. The van der Waals surface area contributed by atoms with Gasteiger partial charge in [-0.2, -0.15) is 0 Å². The summed E-state index contributed by atoms with van der Waals surface area (Å²) in [7, 11) is 1.78. The molecule has 2 aliphatic rings. The van der Waals surface area contributed by atoms with Crippen molar-refractivity contribution < 1.29 is 9.47 Å². The Balaban J connectivity index is 1.45. The SMILES string of the molecule is COCCN(Cc1cc2nc(-c3cnc(N)nc3)nc(N3CCOCC3)c2s1)C1CCN(C(C)C)CC1. The normalized spacial score (nSPS) is 17.9. The van der Waals surface area contributed by atoms with Gasteiger partial charge in [0.2, 0.25) is 5.95 Å². The zero-order valence-corrected chi connectivity index (χ0v) is 22.9. The molecule has 0 spiro atoms. The number of hydrogen-bond acceptors (Lipinski definition) is 11. The van der Waals surface area contributed by atoms with Gasteiger partial charge in [0, 0.05) is 62.6 Å². The number of piperidine rings is 1. The van der Waals surface area contributed by atoms with Gasteiger partial charge in [-0.25, -0.2) is 19.9 Å². The Morgan fingerprint density at radius 3 is 2.54 bits per heavy atom. The fourth-order valence-corrected chi connectivity index (χ4v) is 6.32. The number of nitrogen functional groups attached to an aromatic ring is 1. The number of methoxy groups -OCH3 is 1. The third-order valence-corrected chi connectivity index (χ3v) is 8.44. The van der Waals surface area contributed by atoms with Gasteiger partial charge in [0.05, 0.1) is 35.6 Å². The van der Waals surface area contributed by atoms with Crippen LogP contribution in [0, 0.1) is 0 Å². The van der Waals surface area contributed by atoms with E-state index < -0.39 is 0 Å². The van der Waals surface area contributed by atoms with Crippen LogP contribution in [-0.2, 0) is 16.0 Å². The van der Waals surface area contributed by atoms with Gasteiger partial charge in [-0.3, -0.25) is 4.90 Å². The summed E-state index contributed by atoms with van der Waals surface area (Å²) in [6.07, 6.45) is 5.76. The van der Waals surface area contributed by atoms with Gasteiger partial charge in [0.25, 0.3) is 0 Å². The molecule has 0 radical (unpaired) electrons. The minimum absolute atomic E-state index is 0.242. The largest absolute Gasteiger partial charge is 0.383 e. The third-order valence-electron chi connectivity index (χ3n) is 7.33. The molecule has 2 saturated heterocycles. The van der Waals surface area contributed by atoms with Gasteiger partial charge in [-0.05, 0) is 45.8 Å². The Hall–Kier alpha value is -2.44. The number of nitrogens with two attached hydrogens (primary N) is 1. The van der Waals surface area contributed by atoms with Crippen molar-refractivity contribution in [3.63, 3.8) is 0 Å². The lowest BCUT2D eigenvalue weighted by atomic mass is 10.0. The Labute approximate surface area is 222 Å². The Morgan fingerprint density at radius 2 is 1.86 bits per heavy atom. The second kappa shape index (κ2) is 12.0. The molecule has 0 aliphatic carbocycles. The van der Waals surface area contributed by atoms with E-state index in [1.165, 1.54) is 17.7 Å². The molecule has 0 unspecified atom stereocenters. The number of likely N-dealkylation sites (tertiary alicyclic amines) is 1. The molecule has 2 fully saturated rings. The minimum Gasteiger partial charge on any atom is -0.383 e. The molecule has 10 nitrogen and oxygen atoms in total. The number of thiophene rings is 1. The molecular weight excluding hydrogens is 488 g/mol. The molecule has 3 aromatic heterocycles. The van der Waals surface area contributed by atoms with Crippen molar-refractivity contribution >= 4 is 33.3 Å². The maximum atomic E-state index is 5.71. The highest BCUT2D eigenvalue weighted by molar-refractivity contribution is 7.19. The summed E-state index contributed by atoms with van der Waals surface area (Å²) in [5.74, 6) is 1.83. The molecule has 2 aliphatic heterocycles. The molecule has 2 N–H and O–H groups in total. The van der Waals surface area contributed by atoms with E-state index >= 15 is 0 Å². The van der Waals surface area contributed by atoms with Crippen LogP contribution in [0.4, 0.5) is 11.8 Å². The molecule has 0 aromatic carbocycles. The van der Waals surface area contributed by atoms with E-state index in [1.54, 1.807) is 30.8 Å². The molecule has 11 heteroatoms. The van der Waals surface area contributed by atoms with E-state index in [2.05, 4.69) is 44.6 Å². The monoisotopic (exact) mass is 526 g/mol. The van der Waals surface area contributed by atoms with E-state index in [9.17, 15) is 0 Å². The number of aromatic nitrogens is 4. The van der Waals surface area contributed by atoms with E-state index in [0.29, 0.717) is 31.1 Å². The predicted octanol–water partition coefficient (Wildman–Crippen LogP) is 2.89. The predicted molar refractivity (Wildman–Crippen MR) is 148 cm³/mol. The Morgan fingerprint density at radius 1 is 1.14 bits per heavy atom. The second-order valence-electron chi connectivity index (χ2n) is 10.1. The highest BCUT2D eigenvalue weighted by Gasteiger charge is 2.27. The molecule has 3 aromatic rings. The number of ether oxygens (including phenoxy) is 2. The highest BCUT2D eigenvalue weighted by Crippen LogP contribution is 2.35. The first-order valence-corrected chi connectivity index (χ1v) is 14.0. The topological polar surface area (TPSA) is 106 Å². The van der Waals surface area contributed by atoms with Crippen molar-refractivity contribution in [2.24, 2.45) is 0 Å². The summed E-state index contributed by atoms with van der Waals surface area (Å²) in [6, 6.07) is 3.40. The van der Waals surface area contributed by atoms with Crippen molar-refractivity contribution in [3.8, 4) is 11.4 Å². The lowest BCUT2D eigenvalue weighted by Gasteiger charge is -2.39. The number of anilines is 2. The number of rotatable bonds is 9. The van der Waals surface area contributed by atoms with Gasteiger partial charge in [-0.1, -0.05) is 0 Å². The first-order valence-electron chi connectivity index (χ1n) is 13.2. The van der Waals surface area contributed by atoms with Gasteiger partial charge in [-0.15, -0.1) is 11.3 Å². The van der Waals surface area contributed by atoms with Crippen LogP contribution in [0.1, 0.15) is 31.6 Å². The first kappa shape index (κ1) is 26.2. The van der Waals surface area contributed by atoms with Crippen LogP contribution in [-0.4, -0.2) is 101 Å². The average Bonchev–Trinajstić information content (AvgIpc) is 3.34. The van der Waals surface area contributed by atoms with Crippen molar-refractivity contribution in [1.82, 2.24) is 29.7 Å². The number of morpholine rings is 1.